The van der Waals surface area contributed by atoms with Crippen LogP contribution in [0.2, 0.25) is 5.02 Å². The van der Waals surface area contributed by atoms with Gasteiger partial charge in [0.1, 0.15) is 4.88 Å². The number of fused-ring (bicyclic) bond motifs is 2. The Balaban J connectivity index is 1.60. The number of methoxy groups -OCH3 is 1. The Morgan fingerprint density at radius 1 is 1.29 bits per heavy atom. The van der Waals surface area contributed by atoms with Crippen molar-refractivity contribution >= 4 is 67.7 Å². The molecule has 4 rings (SSSR count). The molecule has 3 aromatic rings. The molecule has 0 radical (unpaired) electrons. The van der Waals surface area contributed by atoms with Gasteiger partial charge in [-0.3, -0.25) is 0 Å². The number of carbonyl (C=O) groups is 1. The summed E-state index contributed by atoms with van der Waals surface area (Å²) in [7, 11) is 1.35. The normalized spacial score (nSPS) is 13.3. The van der Waals surface area contributed by atoms with E-state index in [0.717, 1.165) is 35.2 Å². The predicted octanol–water partition coefficient (Wildman–Crippen LogP) is 5.80. The molecule has 0 aliphatic carbocycles. The van der Waals surface area contributed by atoms with Gasteiger partial charge in [-0.25, -0.2) is 4.79 Å². The highest BCUT2D eigenvalue weighted by Crippen LogP contribution is 2.37. The van der Waals surface area contributed by atoms with Gasteiger partial charge in [-0.1, -0.05) is 29.3 Å². The van der Waals surface area contributed by atoms with E-state index in [9.17, 15) is 4.79 Å². The summed E-state index contributed by atoms with van der Waals surface area (Å²) in [6.45, 7) is 3.00. The minimum atomic E-state index is -0.420. The fourth-order valence-corrected chi connectivity index (χ4v) is 5.27. The second-order valence-corrected chi connectivity index (χ2v) is 8.58. The molecule has 1 aromatic heterocycles. The lowest BCUT2D eigenvalue weighted by atomic mass is 10.00. The van der Waals surface area contributed by atoms with Crippen LogP contribution in [0.25, 0.3) is 10.1 Å². The van der Waals surface area contributed by atoms with Gasteiger partial charge in [0.05, 0.1) is 12.1 Å². The third-order valence-electron chi connectivity index (χ3n) is 4.85. The van der Waals surface area contributed by atoms with E-state index in [2.05, 4.69) is 35.3 Å². The molecule has 2 heterocycles. The van der Waals surface area contributed by atoms with Crippen molar-refractivity contribution in [2.45, 2.75) is 19.8 Å². The second kappa shape index (κ2) is 7.70. The maximum absolute atomic E-state index is 11.9. The summed E-state index contributed by atoms with van der Waals surface area (Å²) in [5.74, 6) is -0.420. The zero-order valence-electron chi connectivity index (χ0n) is 15.5. The average molecular weight is 431 g/mol. The van der Waals surface area contributed by atoms with Gasteiger partial charge in [-0.2, -0.15) is 0 Å². The number of nitrogens with one attached hydrogen (secondary N) is 1. The number of thiocarbonyl (C=S) groups is 1. The van der Waals surface area contributed by atoms with Gasteiger partial charge in [0, 0.05) is 28.0 Å². The Hall–Kier alpha value is -2.15. The summed E-state index contributed by atoms with van der Waals surface area (Å²) in [5, 5.41) is 5.27. The number of benzene rings is 2. The lowest BCUT2D eigenvalue weighted by Crippen LogP contribution is -2.38. The van der Waals surface area contributed by atoms with E-state index < -0.39 is 5.97 Å². The maximum atomic E-state index is 11.9. The first kappa shape index (κ1) is 19.2. The van der Waals surface area contributed by atoms with Crippen molar-refractivity contribution in [2.24, 2.45) is 0 Å². The molecule has 0 unspecified atom stereocenters. The van der Waals surface area contributed by atoms with E-state index in [1.54, 1.807) is 0 Å². The lowest BCUT2D eigenvalue weighted by molar-refractivity contribution is 0.0606. The molecule has 28 heavy (non-hydrogen) atoms. The minimum absolute atomic E-state index is 0.416. The van der Waals surface area contributed by atoms with E-state index in [0.29, 0.717) is 15.0 Å². The number of rotatable bonds is 2. The Bertz CT molecular complexity index is 1090. The van der Waals surface area contributed by atoms with Crippen LogP contribution in [-0.2, 0) is 11.2 Å². The molecule has 2 aromatic carbocycles. The molecular weight excluding hydrogens is 412 g/mol. The van der Waals surface area contributed by atoms with Crippen LogP contribution in [0, 0.1) is 6.92 Å². The fourth-order valence-electron chi connectivity index (χ4n) is 3.49. The summed E-state index contributed by atoms with van der Waals surface area (Å²) in [4.78, 5) is 14.4. The molecule has 1 N–H and O–H groups in total. The third-order valence-corrected chi connectivity index (χ3v) is 6.81. The number of hydrogen-bond donors (Lipinski definition) is 1. The fraction of sp³-hybridized carbons (Fsp3) is 0.238. The Kier molecular flexibility index (Phi) is 5.27. The van der Waals surface area contributed by atoms with Crippen molar-refractivity contribution in [3.05, 3.63) is 57.4 Å². The number of carbonyl (C=O) groups excluding carboxylic acids is 1. The van der Waals surface area contributed by atoms with Crippen LogP contribution in [-0.4, -0.2) is 24.7 Å². The highest BCUT2D eigenvalue weighted by molar-refractivity contribution is 7.80. The highest BCUT2D eigenvalue weighted by Gasteiger charge is 2.21. The molecule has 0 saturated heterocycles. The molecule has 0 amide bonds. The zero-order chi connectivity index (χ0) is 19.8. The smallest absolute Gasteiger partial charge is 0.349 e. The predicted molar refractivity (Wildman–Crippen MR) is 121 cm³/mol. The number of ether oxygens (including phenoxy) is 1. The van der Waals surface area contributed by atoms with Crippen LogP contribution in [0.3, 0.4) is 0 Å². The van der Waals surface area contributed by atoms with Gasteiger partial charge in [0.15, 0.2) is 5.11 Å². The zero-order valence-corrected chi connectivity index (χ0v) is 17.9. The first-order valence-corrected chi connectivity index (χ1v) is 10.6. The van der Waals surface area contributed by atoms with Gasteiger partial charge in [0.25, 0.3) is 0 Å². The summed E-state index contributed by atoms with van der Waals surface area (Å²) >= 11 is 13.4. The van der Waals surface area contributed by atoms with Crippen molar-refractivity contribution in [3.8, 4) is 0 Å². The van der Waals surface area contributed by atoms with Crippen LogP contribution in [0.4, 0.5) is 11.4 Å². The van der Waals surface area contributed by atoms with E-state index in [1.165, 1.54) is 35.3 Å². The van der Waals surface area contributed by atoms with Crippen molar-refractivity contribution < 1.29 is 9.53 Å². The first-order chi connectivity index (χ1) is 13.5. The van der Waals surface area contributed by atoms with Gasteiger partial charge >= 0.3 is 5.97 Å². The quantitative estimate of drug-likeness (QED) is 0.411. The van der Waals surface area contributed by atoms with Crippen LogP contribution in [0.5, 0.6) is 0 Å². The first-order valence-electron chi connectivity index (χ1n) is 8.96. The molecule has 0 saturated carbocycles. The molecular formula is C21H19ClN2O2S2. The van der Waals surface area contributed by atoms with Crippen molar-refractivity contribution in [1.29, 1.82) is 0 Å². The Labute approximate surface area is 178 Å². The molecule has 0 bridgehead atoms. The van der Waals surface area contributed by atoms with Crippen LogP contribution in [0.1, 0.15) is 27.2 Å². The van der Waals surface area contributed by atoms with Crippen LogP contribution < -0.4 is 10.2 Å². The molecule has 144 valence electrons. The number of halogens is 1. The third kappa shape index (κ3) is 3.48. The van der Waals surface area contributed by atoms with Crippen molar-refractivity contribution in [3.63, 3.8) is 0 Å². The van der Waals surface area contributed by atoms with E-state index in [4.69, 9.17) is 28.6 Å². The largest absolute Gasteiger partial charge is 0.465 e. The average Bonchev–Trinajstić information content (AvgIpc) is 3.02. The Morgan fingerprint density at radius 3 is 2.89 bits per heavy atom. The number of aryl methyl sites for hydroxylation is 2. The number of esters is 1. The SMILES string of the molecule is COC(=O)c1sc2cc(NC(=S)N3CCCc4cc(C)ccc43)ccc2c1Cl. The number of anilines is 2. The molecule has 7 heteroatoms. The monoisotopic (exact) mass is 430 g/mol. The second-order valence-electron chi connectivity index (χ2n) is 6.77. The van der Waals surface area contributed by atoms with Gasteiger partial charge in [-0.15, -0.1) is 11.3 Å². The summed E-state index contributed by atoms with van der Waals surface area (Å²) < 4.78 is 5.72. The molecule has 0 spiro atoms. The maximum Gasteiger partial charge on any atom is 0.349 e. The van der Waals surface area contributed by atoms with Gasteiger partial charge in [0.2, 0.25) is 0 Å². The molecule has 1 aliphatic rings. The number of hydrogen-bond acceptors (Lipinski definition) is 4. The van der Waals surface area contributed by atoms with Crippen molar-refractivity contribution in [1.82, 2.24) is 0 Å². The van der Waals surface area contributed by atoms with Crippen molar-refractivity contribution in [2.75, 3.05) is 23.9 Å². The summed E-state index contributed by atoms with van der Waals surface area (Å²) in [6.07, 6.45) is 2.15. The molecule has 4 nitrogen and oxygen atoms in total. The van der Waals surface area contributed by atoms with E-state index in [1.807, 2.05) is 18.2 Å². The highest BCUT2D eigenvalue weighted by atomic mass is 35.5. The van der Waals surface area contributed by atoms with Crippen LogP contribution in [0.15, 0.2) is 36.4 Å². The van der Waals surface area contributed by atoms with Crippen LogP contribution >= 0.6 is 35.2 Å². The topological polar surface area (TPSA) is 41.6 Å². The summed E-state index contributed by atoms with van der Waals surface area (Å²) in [6, 6.07) is 12.3. The Morgan fingerprint density at radius 2 is 2.11 bits per heavy atom. The lowest BCUT2D eigenvalue weighted by Gasteiger charge is -2.32. The number of thiophene rings is 1. The molecule has 0 fully saturated rings. The van der Waals surface area contributed by atoms with Gasteiger partial charge in [-0.05, 0) is 61.8 Å². The van der Waals surface area contributed by atoms with E-state index >= 15 is 0 Å². The van der Waals surface area contributed by atoms with Gasteiger partial charge < -0.3 is 15.0 Å². The molecule has 0 atom stereocenters. The number of nitrogens with zero attached hydrogens (tertiary/aromatic N) is 1. The minimum Gasteiger partial charge on any atom is -0.465 e. The van der Waals surface area contributed by atoms with E-state index in [-0.39, 0.29) is 0 Å². The standard InChI is InChI=1S/C21H19ClN2O2S2/c1-12-5-8-16-13(10-12)4-3-9-24(16)21(27)23-14-6-7-15-17(11-14)28-19(18(15)22)20(25)26-2/h5-8,10-11H,3-4,9H2,1-2H3,(H,23,27). The summed E-state index contributed by atoms with van der Waals surface area (Å²) in [5.41, 5.74) is 4.63. The molecule has 1 aliphatic heterocycles.